The normalized spacial score (nSPS) is 15.8. The van der Waals surface area contributed by atoms with E-state index in [0.717, 1.165) is 31.3 Å². The van der Waals surface area contributed by atoms with E-state index in [0.29, 0.717) is 18.2 Å². The van der Waals surface area contributed by atoms with Gasteiger partial charge in [-0.25, -0.2) is 0 Å². The zero-order valence-electron chi connectivity index (χ0n) is 15.3. The lowest BCUT2D eigenvalue weighted by atomic mass is 10.1. The second kappa shape index (κ2) is 9.21. The summed E-state index contributed by atoms with van der Waals surface area (Å²) in [5, 5.41) is 3.10. The molecule has 0 bridgehead atoms. The highest BCUT2D eigenvalue weighted by Gasteiger charge is 2.33. The van der Waals surface area contributed by atoms with Crippen molar-refractivity contribution in [3.63, 3.8) is 0 Å². The number of alkyl halides is 3. The fourth-order valence-corrected chi connectivity index (χ4v) is 3.36. The Morgan fingerprint density at radius 2 is 1.61 bits per heavy atom. The summed E-state index contributed by atoms with van der Waals surface area (Å²) in [6, 6.07) is 15.5. The van der Waals surface area contributed by atoms with Crippen LogP contribution in [0, 0.1) is 0 Å². The van der Waals surface area contributed by atoms with Gasteiger partial charge in [-0.2, -0.15) is 13.2 Å². The van der Waals surface area contributed by atoms with Gasteiger partial charge in [0.05, 0.1) is 11.3 Å². The zero-order chi connectivity index (χ0) is 20.0. The summed E-state index contributed by atoms with van der Waals surface area (Å²) >= 11 is 5.34. The largest absolute Gasteiger partial charge is 0.418 e. The molecular formula is C21H22F3N3S. The maximum atomic E-state index is 13.1. The summed E-state index contributed by atoms with van der Waals surface area (Å²) in [6.45, 7) is 3.81. The monoisotopic (exact) mass is 405 g/mol. The van der Waals surface area contributed by atoms with E-state index in [1.54, 1.807) is 6.07 Å². The van der Waals surface area contributed by atoms with Crippen LogP contribution in [0.15, 0.2) is 60.7 Å². The van der Waals surface area contributed by atoms with E-state index in [4.69, 9.17) is 12.2 Å². The fraction of sp³-hybridized carbons (Fsp3) is 0.286. The van der Waals surface area contributed by atoms with Crippen molar-refractivity contribution in [2.24, 2.45) is 0 Å². The Morgan fingerprint density at radius 1 is 0.964 bits per heavy atom. The minimum Gasteiger partial charge on any atom is -0.346 e. The SMILES string of the molecule is FC(F)(F)c1ccccc1NC(=S)N1CCN(C/C=C/c2ccccc2)CC1. The standard InChI is InChI=1S/C21H22F3N3S/c22-21(23,24)18-10-4-5-11-19(18)25-20(28)27-15-13-26(14-16-27)12-6-9-17-7-2-1-3-8-17/h1-11H,12-16H2,(H,25,28)/b9-6+. The Bertz CT molecular complexity index is 813. The smallest absolute Gasteiger partial charge is 0.346 e. The summed E-state index contributed by atoms with van der Waals surface area (Å²) in [5.74, 6) is 0. The fourth-order valence-electron chi connectivity index (χ4n) is 3.07. The van der Waals surface area contributed by atoms with Gasteiger partial charge in [0.1, 0.15) is 0 Å². The van der Waals surface area contributed by atoms with E-state index in [9.17, 15) is 13.2 Å². The summed E-state index contributed by atoms with van der Waals surface area (Å²) < 4.78 is 39.4. The van der Waals surface area contributed by atoms with E-state index in [2.05, 4.69) is 34.5 Å². The van der Waals surface area contributed by atoms with Gasteiger partial charge in [-0.15, -0.1) is 0 Å². The van der Waals surface area contributed by atoms with Gasteiger partial charge in [0, 0.05) is 32.7 Å². The van der Waals surface area contributed by atoms with Crippen LogP contribution in [0.3, 0.4) is 0 Å². The van der Waals surface area contributed by atoms with Crippen LogP contribution in [-0.2, 0) is 6.18 Å². The average Bonchev–Trinajstić information content (AvgIpc) is 2.69. The molecule has 7 heteroatoms. The zero-order valence-corrected chi connectivity index (χ0v) is 16.1. The lowest BCUT2D eigenvalue weighted by molar-refractivity contribution is -0.136. The molecule has 0 aliphatic carbocycles. The lowest BCUT2D eigenvalue weighted by Crippen LogP contribution is -2.49. The van der Waals surface area contributed by atoms with E-state index in [-0.39, 0.29) is 5.69 Å². The third-order valence-corrected chi connectivity index (χ3v) is 4.97. The van der Waals surface area contributed by atoms with Crippen molar-refractivity contribution in [1.29, 1.82) is 0 Å². The lowest BCUT2D eigenvalue weighted by Gasteiger charge is -2.36. The van der Waals surface area contributed by atoms with Crippen molar-refractivity contribution in [2.75, 3.05) is 38.0 Å². The van der Waals surface area contributed by atoms with Gasteiger partial charge in [0.2, 0.25) is 0 Å². The molecule has 148 valence electrons. The summed E-state index contributed by atoms with van der Waals surface area (Å²) in [7, 11) is 0. The topological polar surface area (TPSA) is 18.5 Å². The number of rotatable bonds is 4. The van der Waals surface area contributed by atoms with Crippen LogP contribution in [0.1, 0.15) is 11.1 Å². The molecule has 3 nitrogen and oxygen atoms in total. The van der Waals surface area contributed by atoms with Crippen LogP contribution in [-0.4, -0.2) is 47.6 Å². The number of nitrogens with zero attached hydrogens (tertiary/aromatic N) is 2. The molecule has 1 aliphatic rings. The van der Waals surface area contributed by atoms with Gasteiger partial charge in [0.15, 0.2) is 5.11 Å². The molecular weight excluding hydrogens is 383 g/mol. The molecule has 0 spiro atoms. The number of benzene rings is 2. The van der Waals surface area contributed by atoms with Crippen LogP contribution >= 0.6 is 12.2 Å². The third-order valence-electron chi connectivity index (χ3n) is 4.61. The first-order chi connectivity index (χ1) is 13.4. The predicted octanol–water partition coefficient (Wildman–Crippen LogP) is 4.73. The molecule has 1 heterocycles. The van der Waals surface area contributed by atoms with Gasteiger partial charge in [-0.05, 0) is 29.9 Å². The molecule has 0 saturated carbocycles. The summed E-state index contributed by atoms with van der Waals surface area (Å²) in [4.78, 5) is 4.21. The van der Waals surface area contributed by atoms with Crippen molar-refractivity contribution in [3.8, 4) is 0 Å². The molecule has 1 saturated heterocycles. The quantitative estimate of drug-likeness (QED) is 0.741. The summed E-state index contributed by atoms with van der Waals surface area (Å²) in [5.41, 5.74) is 0.449. The Balaban J connectivity index is 1.50. The molecule has 1 N–H and O–H groups in total. The molecule has 1 aliphatic heterocycles. The van der Waals surface area contributed by atoms with E-state index in [1.165, 1.54) is 12.1 Å². The predicted molar refractivity (Wildman–Crippen MR) is 111 cm³/mol. The van der Waals surface area contributed by atoms with Crippen molar-refractivity contribution >= 4 is 29.1 Å². The first-order valence-electron chi connectivity index (χ1n) is 9.09. The number of hydrogen-bond donors (Lipinski definition) is 1. The van der Waals surface area contributed by atoms with Crippen molar-refractivity contribution in [1.82, 2.24) is 9.80 Å². The second-order valence-electron chi connectivity index (χ2n) is 6.57. The number of nitrogens with one attached hydrogen (secondary N) is 1. The van der Waals surface area contributed by atoms with Gasteiger partial charge in [0.25, 0.3) is 0 Å². The average molecular weight is 405 g/mol. The highest BCUT2D eigenvalue weighted by molar-refractivity contribution is 7.80. The molecule has 3 rings (SSSR count). The van der Waals surface area contributed by atoms with Gasteiger partial charge in [-0.3, -0.25) is 4.90 Å². The Kier molecular flexibility index (Phi) is 6.70. The molecule has 0 unspecified atom stereocenters. The van der Waals surface area contributed by atoms with Crippen molar-refractivity contribution in [3.05, 3.63) is 71.8 Å². The minimum absolute atomic E-state index is 0.00627. The number of para-hydroxylation sites is 1. The van der Waals surface area contributed by atoms with Gasteiger partial charge >= 0.3 is 6.18 Å². The second-order valence-corrected chi connectivity index (χ2v) is 6.96. The van der Waals surface area contributed by atoms with E-state index in [1.807, 2.05) is 23.1 Å². The third kappa shape index (κ3) is 5.56. The highest BCUT2D eigenvalue weighted by Crippen LogP contribution is 2.34. The molecule has 28 heavy (non-hydrogen) atoms. The van der Waals surface area contributed by atoms with Crippen LogP contribution in [0.5, 0.6) is 0 Å². The van der Waals surface area contributed by atoms with E-state index < -0.39 is 11.7 Å². The Morgan fingerprint density at radius 3 is 2.29 bits per heavy atom. The molecule has 1 fully saturated rings. The van der Waals surface area contributed by atoms with Crippen molar-refractivity contribution in [2.45, 2.75) is 6.18 Å². The minimum atomic E-state index is -4.41. The maximum absolute atomic E-state index is 13.1. The number of piperazine rings is 1. The number of halogens is 3. The first-order valence-corrected chi connectivity index (χ1v) is 9.50. The molecule has 2 aromatic carbocycles. The number of thiocarbonyl (C=S) groups is 1. The van der Waals surface area contributed by atoms with Crippen molar-refractivity contribution < 1.29 is 13.2 Å². The van der Waals surface area contributed by atoms with Gasteiger partial charge in [-0.1, -0.05) is 54.6 Å². The first kappa shape index (κ1) is 20.4. The van der Waals surface area contributed by atoms with Crippen LogP contribution in [0.2, 0.25) is 0 Å². The van der Waals surface area contributed by atoms with Crippen LogP contribution in [0.4, 0.5) is 18.9 Å². The number of hydrogen-bond acceptors (Lipinski definition) is 2. The summed E-state index contributed by atoms with van der Waals surface area (Å²) in [6.07, 6.45) is -0.198. The molecule has 2 aromatic rings. The maximum Gasteiger partial charge on any atom is 0.418 e. The van der Waals surface area contributed by atoms with E-state index >= 15 is 0 Å². The molecule has 0 aromatic heterocycles. The number of anilines is 1. The molecule has 0 amide bonds. The van der Waals surface area contributed by atoms with Crippen LogP contribution in [0.25, 0.3) is 6.08 Å². The Labute approximate surface area is 168 Å². The van der Waals surface area contributed by atoms with Gasteiger partial charge < -0.3 is 10.2 Å². The highest BCUT2D eigenvalue weighted by atomic mass is 32.1. The Hall–Kier alpha value is -2.38. The van der Waals surface area contributed by atoms with Crippen LogP contribution < -0.4 is 5.32 Å². The molecule has 0 atom stereocenters. The molecule has 0 radical (unpaired) electrons.